The molecule has 0 fully saturated rings. The van der Waals surface area contributed by atoms with Crippen LogP contribution in [0.4, 0.5) is 5.69 Å². The predicted octanol–water partition coefficient (Wildman–Crippen LogP) is 3.31. The fourth-order valence-electron chi connectivity index (χ4n) is 3.36. The van der Waals surface area contributed by atoms with E-state index in [1.807, 2.05) is 18.2 Å². The minimum Gasteiger partial charge on any atom is -0.434 e. The van der Waals surface area contributed by atoms with Crippen LogP contribution in [0.25, 0.3) is 11.1 Å². The normalized spacial score (nSPS) is 12.7. The Labute approximate surface area is 160 Å². The Hall–Kier alpha value is -3.77. The first-order chi connectivity index (χ1) is 13.6. The minimum absolute atomic E-state index is 0.145. The van der Waals surface area contributed by atoms with Crippen molar-refractivity contribution in [2.24, 2.45) is 0 Å². The second-order valence-electron chi connectivity index (χ2n) is 6.27. The van der Waals surface area contributed by atoms with Gasteiger partial charge >= 0.3 is 0 Å². The maximum atomic E-state index is 12.9. The average Bonchev–Trinajstić information content (AvgIpc) is 3.01. The second-order valence-corrected chi connectivity index (χ2v) is 6.27. The van der Waals surface area contributed by atoms with Gasteiger partial charge in [0.1, 0.15) is 0 Å². The summed E-state index contributed by atoms with van der Waals surface area (Å²) in [4.78, 5) is 36.1. The molecule has 0 saturated carbocycles. The number of carbonyl (C=O) groups excluding carboxylic acids is 3. The number of aliphatic hydroxyl groups excluding tert-OH is 1. The Bertz CT molecular complexity index is 1110. The maximum Gasteiger partial charge on any atom is 0.295 e. The summed E-state index contributed by atoms with van der Waals surface area (Å²) in [5.41, 5.74) is 3.48. The first kappa shape index (κ1) is 17.6. The van der Waals surface area contributed by atoms with E-state index in [4.69, 9.17) is 0 Å². The van der Waals surface area contributed by atoms with E-state index in [0.717, 1.165) is 11.1 Å². The number of ketones is 1. The van der Waals surface area contributed by atoms with Crippen LogP contribution in [-0.4, -0.2) is 23.3 Å². The van der Waals surface area contributed by atoms with Crippen molar-refractivity contribution in [3.8, 4) is 11.1 Å². The molecule has 0 radical (unpaired) electrons. The van der Waals surface area contributed by atoms with Crippen molar-refractivity contribution < 1.29 is 24.2 Å². The quantitative estimate of drug-likeness (QED) is 0.414. The lowest BCUT2D eigenvalue weighted by Gasteiger charge is -2.12. The first-order valence-electron chi connectivity index (χ1n) is 8.55. The summed E-state index contributed by atoms with van der Waals surface area (Å²) < 4.78 is 4.50. The van der Waals surface area contributed by atoms with E-state index < -0.39 is 12.2 Å². The average molecular weight is 373 g/mol. The van der Waals surface area contributed by atoms with Crippen molar-refractivity contribution >= 4 is 23.9 Å². The zero-order chi connectivity index (χ0) is 19.7. The highest BCUT2D eigenvalue weighted by Gasteiger charge is 2.30. The van der Waals surface area contributed by atoms with Gasteiger partial charge in [-0.15, -0.1) is 0 Å². The molecule has 6 heteroatoms. The van der Waals surface area contributed by atoms with Gasteiger partial charge in [0, 0.05) is 22.4 Å². The molecule has 3 aromatic carbocycles. The molecule has 3 aromatic rings. The Morgan fingerprint density at radius 1 is 0.964 bits per heavy atom. The van der Waals surface area contributed by atoms with E-state index in [2.05, 4.69) is 10.1 Å². The van der Waals surface area contributed by atoms with Crippen LogP contribution in [0.1, 0.15) is 38.1 Å². The van der Waals surface area contributed by atoms with E-state index in [9.17, 15) is 19.5 Å². The van der Waals surface area contributed by atoms with Crippen LogP contribution in [0.15, 0.2) is 66.7 Å². The Balaban J connectivity index is 1.66. The summed E-state index contributed by atoms with van der Waals surface area (Å²) in [5, 5.41) is 12.5. The summed E-state index contributed by atoms with van der Waals surface area (Å²) in [5.74, 6) is -0.624. The summed E-state index contributed by atoms with van der Waals surface area (Å²) in [7, 11) is 0. The van der Waals surface area contributed by atoms with Crippen molar-refractivity contribution in [1.82, 2.24) is 0 Å². The fraction of sp³-hybridized carbons (Fsp3) is 0.0455. The van der Waals surface area contributed by atoms with E-state index in [1.165, 1.54) is 6.07 Å². The number of benzene rings is 3. The van der Waals surface area contributed by atoms with Crippen LogP contribution >= 0.6 is 0 Å². The van der Waals surface area contributed by atoms with Gasteiger partial charge in [-0.05, 0) is 29.3 Å². The molecule has 0 aliphatic heterocycles. The largest absolute Gasteiger partial charge is 0.434 e. The van der Waals surface area contributed by atoms with E-state index >= 15 is 0 Å². The molecule has 1 atom stereocenters. The van der Waals surface area contributed by atoms with Crippen LogP contribution in [0.5, 0.6) is 0 Å². The van der Waals surface area contributed by atoms with Crippen LogP contribution in [-0.2, 0) is 9.53 Å². The molecule has 0 spiro atoms. The van der Waals surface area contributed by atoms with Gasteiger partial charge in [-0.3, -0.25) is 14.4 Å². The number of carbonyl (C=O) groups is 3. The molecule has 1 aliphatic carbocycles. The summed E-state index contributed by atoms with van der Waals surface area (Å²) >= 11 is 0. The molecule has 2 N–H and O–H groups in total. The second kappa shape index (κ2) is 7.09. The number of hydrogen-bond acceptors (Lipinski definition) is 5. The first-order valence-corrected chi connectivity index (χ1v) is 8.55. The van der Waals surface area contributed by atoms with Gasteiger partial charge in [-0.25, -0.2) is 0 Å². The van der Waals surface area contributed by atoms with Crippen LogP contribution in [0, 0.1) is 0 Å². The van der Waals surface area contributed by atoms with Crippen molar-refractivity contribution in [2.75, 3.05) is 5.32 Å². The van der Waals surface area contributed by atoms with Crippen molar-refractivity contribution in [3.63, 3.8) is 0 Å². The van der Waals surface area contributed by atoms with Crippen molar-refractivity contribution in [1.29, 1.82) is 0 Å². The standard InChI is InChI=1S/C22H15NO5/c24-12-28-22(27)13-5-3-6-14(11-13)23-21(26)18-10-4-9-16-15-7-1-2-8-17(15)20(25)19(16)18/h1-12,22,27H,(H,23,26)/t22-/m0/s1. The molecule has 1 aliphatic rings. The number of hydrogen-bond donors (Lipinski definition) is 2. The summed E-state index contributed by atoms with van der Waals surface area (Å²) in [6.07, 6.45) is -1.42. The van der Waals surface area contributed by atoms with Gasteiger partial charge in [0.15, 0.2) is 5.78 Å². The highest BCUT2D eigenvalue weighted by atomic mass is 16.6. The zero-order valence-corrected chi connectivity index (χ0v) is 14.6. The van der Waals surface area contributed by atoms with E-state index in [1.54, 1.807) is 42.5 Å². The van der Waals surface area contributed by atoms with Gasteiger partial charge in [0.2, 0.25) is 6.29 Å². The Kier molecular flexibility index (Phi) is 4.47. The maximum absolute atomic E-state index is 12.9. The smallest absolute Gasteiger partial charge is 0.295 e. The van der Waals surface area contributed by atoms with Gasteiger partial charge < -0.3 is 15.2 Å². The molecule has 6 nitrogen and oxygen atoms in total. The van der Waals surface area contributed by atoms with E-state index in [-0.39, 0.29) is 17.8 Å². The predicted molar refractivity (Wildman–Crippen MR) is 102 cm³/mol. The number of amides is 1. The SMILES string of the molecule is O=CO[C@H](O)c1cccc(NC(=O)c2cccc3c2C(=O)c2ccccc2-3)c1. The van der Waals surface area contributed by atoms with Crippen molar-refractivity contribution in [2.45, 2.75) is 6.29 Å². The number of aliphatic hydroxyl groups is 1. The number of ether oxygens (including phenoxy) is 1. The number of anilines is 1. The Morgan fingerprint density at radius 3 is 2.46 bits per heavy atom. The van der Waals surface area contributed by atoms with Gasteiger partial charge in [0.05, 0.1) is 5.56 Å². The molecular formula is C22H15NO5. The lowest BCUT2D eigenvalue weighted by molar-refractivity contribution is -0.152. The molecule has 138 valence electrons. The molecule has 28 heavy (non-hydrogen) atoms. The highest BCUT2D eigenvalue weighted by molar-refractivity contribution is 6.26. The van der Waals surface area contributed by atoms with Gasteiger partial charge in [-0.1, -0.05) is 48.5 Å². The Morgan fingerprint density at radius 2 is 1.68 bits per heavy atom. The molecule has 0 unspecified atom stereocenters. The van der Waals surface area contributed by atoms with E-state index in [0.29, 0.717) is 22.4 Å². The molecule has 0 bridgehead atoms. The number of fused-ring (bicyclic) bond motifs is 3. The lowest BCUT2D eigenvalue weighted by atomic mass is 10.00. The third kappa shape index (κ3) is 2.95. The molecule has 0 saturated heterocycles. The molecule has 4 rings (SSSR count). The summed E-state index contributed by atoms with van der Waals surface area (Å²) in [6, 6.07) is 18.7. The van der Waals surface area contributed by atoms with Crippen LogP contribution in [0.2, 0.25) is 0 Å². The number of nitrogens with one attached hydrogen (secondary N) is 1. The molecule has 0 heterocycles. The zero-order valence-electron chi connectivity index (χ0n) is 14.6. The lowest BCUT2D eigenvalue weighted by Crippen LogP contribution is -2.16. The van der Waals surface area contributed by atoms with Gasteiger partial charge in [-0.2, -0.15) is 0 Å². The molecule has 0 aromatic heterocycles. The molecule has 1 amide bonds. The van der Waals surface area contributed by atoms with Crippen LogP contribution in [0.3, 0.4) is 0 Å². The minimum atomic E-state index is -1.42. The van der Waals surface area contributed by atoms with Crippen molar-refractivity contribution in [3.05, 3.63) is 89.0 Å². The topological polar surface area (TPSA) is 92.7 Å². The monoisotopic (exact) mass is 373 g/mol. The summed E-state index contributed by atoms with van der Waals surface area (Å²) in [6.45, 7) is 0.145. The fourth-order valence-corrected chi connectivity index (χ4v) is 3.36. The third-order valence-electron chi connectivity index (χ3n) is 4.61. The van der Waals surface area contributed by atoms with Crippen LogP contribution < -0.4 is 5.32 Å². The third-order valence-corrected chi connectivity index (χ3v) is 4.61. The molecular weight excluding hydrogens is 358 g/mol. The van der Waals surface area contributed by atoms with Gasteiger partial charge in [0.25, 0.3) is 12.4 Å². The number of rotatable bonds is 5. The highest BCUT2D eigenvalue weighted by Crippen LogP contribution is 2.38.